The van der Waals surface area contributed by atoms with Gasteiger partial charge in [-0.15, -0.1) is 0 Å². The van der Waals surface area contributed by atoms with Crippen molar-refractivity contribution >= 4 is 67.6 Å². The third-order valence-electron chi connectivity index (χ3n) is 17.4. The summed E-state index contributed by atoms with van der Waals surface area (Å²) >= 11 is 0. The van der Waals surface area contributed by atoms with Crippen molar-refractivity contribution in [3.8, 4) is 0 Å². The van der Waals surface area contributed by atoms with Crippen LogP contribution in [0, 0.1) is 13.8 Å². The Balaban J connectivity index is 1.36. The normalized spacial score (nSPS) is 12.5. The molecule has 6 heterocycles. The fourth-order valence-corrected chi connectivity index (χ4v) is 12.2. The second-order valence-corrected chi connectivity index (χ2v) is 23.6. The molecule has 0 atom stereocenters. The van der Waals surface area contributed by atoms with Crippen LogP contribution in [0.15, 0.2) is 24.3 Å². The van der Waals surface area contributed by atoms with Crippen LogP contribution in [0.4, 0.5) is 9.59 Å². The Morgan fingerprint density at radius 3 is 0.907 bits per heavy atom. The lowest BCUT2D eigenvalue weighted by atomic mass is 9.95. The second-order valence-electron chi connectivity index (χ2n) is 23.6. The fraction of sp³-hybridized carbons (Fsp3) is 0.649. The molecule has 10 bridgehead atoms. The smallest absolute Gasteiger partial charge is 0.409 e. The minimum absolute atomic E-state index is 0.202. The van der Waals surface area contributed by atoms with Crippen molar-refractivity contribution in [1.29, 1.82) is 0 Å². The number of allylic oxidation sites excluding steroid dienone is 4. The number of aromatic amines is 3. The van der Waals surface area contributed by atoms with Crippen LogP contribution in [0.2, 0.25) is 0 Å². The summed E-state index contributed by atoms with van der Waals surface area (Å²) in [5, 5.41) is 0. The van der Waals surface area contributed by atoms with Crippen molar-refractivity contribution in [2.45, 2.75) is 120 Å². The number of aromatic nitrogens is 5. The number of nitrogens with one attached hydrogen (secondary N) is 3. The highest BCUT2D eigenvalue weighted by Crippen LogP contribution is 2.43. The number of fused-ring (bicyclic) bond motifs is 11. The molecule has 0 spiro atoms. The van der Waals surface area contributed by atoms with Crippen molar-refractivity contribution in [1.82, 2.24) is 34.7 Å². The molecule has 6 rings (SSSR count). The predicted octanol–water partition coefficient (Wildman–Crippen LogP) is 12.0. The Morgan fingerprint density at radius 2 is 0.619 bits per heavy atom. The van der Waals surface area contributed by atoms with Gasteiger partial charge in [0.1, 0.15) is 0 Å². The monoisotopic (exact) mass is 1360 g/mol. The van der Waals surface area contributed by atoms with E-state index >= 15 is 0 Å². The number of hydrogen-bond donors (Lipinski definition) is 3. The van der Waals surface area contributed by atoms with Crippen LogP contribution in [-0.2, 0) is 92.0 Å². The summed E-state index contributed by atoms with van der Waals surface area (Å²) in [6.07, 6.45) is 6.37. The highest BCUT2D eigenvalue weighted by Gasteiger charge is 2.28. The molecule has 23 heteroatoms. The van der Waals surface area contributed by atoms with E-state index in [2.05, 4.69) is 94.6 Å². The zero-order valence-corrected chi connectivity index (χ0v) is 60.6. The Bertz CT molecular complexity index is 3030. The van der Waals surface area contributed by atoms with E-state index in [-0.39, 0.29) is 13.2 Å². The van der Waals surface area contributed by atoms with E-state index < -0.39 is 12.2 Å². The van der Waals surface area contributed by atoms with Gasteiger partial charge in [0.25, 0.3) is 0 Å². The van der Waals surface area contributed by atoms with Crippen molar-refractivity contribution in [2.24, 2.45) is 0 Å². The number of H-pyrrole nitrogens is 3. The van der Waals surface area contributed by atoms with Crippen molar-refractivity contribution in [3.05, 3.63) is 80.4 Å². The van der Waals surface area contributed by atoms with Crippen LogP contribution in [0.25, 0.3) is 55.4 Å². The largest absolute Gasteiger partial charge is 0.449 e. The predicted molar refractivity (Wildman–Crippen MR) is 381 cm³/mol. The lowest BCUT2D eigenvalue weighted by Crippen LogP contribution is -2.37. The molecule has 0 radical (unpaired) electrons. The summed E-state index contributed by atoms with van der Waals surface area (Å²) in [7, 11) is 6.55. The molecule has 0 fully saturated rings. The summed E-state index contributed by atoms with van der Waals surface area (Å²) in [6, 6.07) is 8.96. The van der Waals surface area contributed by atoms with Crippen LogP contribution in [0.5, 0.6) is 0 Å². The van der Waals surface area contributed by atoms with Crippen LogP contribution in [0.3, 0.4) is 0 Å². The number of amides is 2. The maximum atomic E-state index is 13.9. The summed E-state index contributed by atoms with van der Waals surface area (Å²) in [6.45, 7) is 27.8. The number of carbonyl (C=O) groups is 2. The van der Waals surface area contributed by atoms with Gasteiger partial charge in [-0.1, -0.05) is 41.5 Å². The Hall–Kier alpha value is -6.06. The van der Waals surface area contributed by atoms with Gasteiger partial charge < -0.3 is 91.1 Å². The van der Waals surface area contributed by atoms with Crippen molar-refractivity contribution < 1.29 is 75.9 Å². The molecule has 2 aliphatic rings. The lowest BCUT2D eigenvalue weighted by Gasteiger charge is -2.22. The van der Waals surface area contributed by atoms with Gasteiger partial charge in [-0.2, -0.15) is 0 Å². The van der Waals surface area contributed by atoms with Crippen molar-refractivity contribution in [2.75, 3.05) is 200 Å². The fourth-order valence-electron chi connectivity index (χ4n) is 12.2. The number of ether oxygens (including phenoxy) is 14. The highest BCUT2D eigenvalue weighted by molar-refractivity contribution is 6.00. The molecule has 2 aliphatic heterocycles. The maximum absolute atomic E-state index is 13.9. The van der Waals surface area contributed by atoms with Gasteiger partial charge in [0.15, 0.2) is 0 Å². The minimum atomic E-state index is -0.429. The zero-order valence-electron chi connectivity index (χ0n) is 60.6. The number of hydrogen-bond acceptors (Lipinski definition) is 18. The summed E-state index contributed by atoms with van der Waals surface area (Å²) < 4.78 is 78.1. The Labute approximate surface area is 575 Å². The van der Waals surface area contributed by atoms with Gasteiger partial charge in [-0.05, 0) is 158 Å². The van der Waals surface area contributed by atoms with Crippen LogP contribution >= 0.6 is 0 Å². The number of carbonyl (C=O) groups excluding carboxylic acids is 2. The molecular weight excluding hydrogens is 1240 g/mol. The molecule has 0 aliphatic carbocycles. The first-order valence-electron chi connectivity index (χ1n) is 35.3. The molecule has 0 saturated heterocycles. The first-order chi connectivity index (χ1) is 47.4. The number of aryl methyl sites for hydroxylation is 6. The molecule has 0 unspecified atom stereocenters. The Morgan fingerprint density at radius 1 is 0.340 bits per heavy atom. The van der Waals surface area contributed by atoms with E-state index in [4.69, 9.17) is 76.3 Å². The summed E-state index contributed by atoms with van der Waals surface area (Å²) in [5.41, 5.74) is 21.5. The van der Waals surface area contributed by atoms with Crippen LogP contribution in [0.1, 0.15) is 136 Å². The standard InChI is InChI=1S/C74H115N7O16/c1-13-55-56(14-2)66-52-70-62(22-20-28-97-74(83)81(25-31-90-43-47-94-39-35-86-11)26-32-91-44-48-95-40-36-87-12)54(8)64(76-70)50-68-58(16-4)60(18-6)72(79-68)71-59(17-5)57(15-3)67(78-71)49-63-53(7)61(69(75-63)51-65(55)77-66)21-19-27-96-73(82)80(23-29-88-41-45-92-37-33-84-9)24-30-89-42-46-93-38-34-85-10/h49-52,75-77H,13-48H2,1-12H3. The maximum Gasteiger partial charge on any atom is 0.409 e. The molecule has 23 nitrogen and oxygen atoms in total. The van der Waals surface area contributed by atoms with E-state index in [1.165, 1.54) is 33.4 Å². The van der Waals surface area contributed by atoms with Gasteiger partial charge in [0.2, 0.25) is 0 Å². The van der Waals surface area contributed by atoms with Crippen LogP contribution in [-0.4, -0.2) is 247 Å². The van der Waals surface area contributed by atoms with E-state index in [0.29, 0.717) is 184 Å². The lowest BCUT2D eigenvalue weighted by molar-refractivity contribution is 0.00800. The Kier molecular flexibility index (Phi) is 37.6. The average molecular weight is 1360 g/mol. The van der Waals surface area contributed by atoms with Crippen molar-refractivity contribution in [3.63, 3.8) is 0 Å². The molecule has 4 aromatic rings. The van der Waals surface area contributed by atoms with Gasteiger partial charge in [-0.25, -0.2) is 19.6 Å². The van der Waals surface area contributed by atoms with E-state index in [1.807, 2.05) is 0 Å². The summed E-state index contributed by atoms with van der Waals surface area (Å²) in [5.74, 6) is 0. The molecule has 3 N–H and O–H groups in total. The van der Waals surface area contributed by atoms with Gasteiger partial charge in [0.05, 0.1) is 168 Å². The first-order valence-corrected chi connectivity index (χ1v) is 35.3. The number of nitrogens with zero attached hydrogens (tertiary/aromatic N) is 4. The number of methoxy groups -OCH3 is 4. The average Bonchev–Trinajstić information content (AvgIpc) is 1.61. The topological polar surface area (TPSA) is 243 Å². The molecule has 0 saturated carbocycles. The van der Waals surface area contributed by atoms with Gasteiger partial charge in [-0.3, -0.25) is 0 Å². The second kappa shape index (κ2) is 45.6. The molecular formula is C74H115N7O16. The van der Waals surface area contributed by atoms with Gasteiger partial charge >= 0.3 is 12.2 Å². The van der Waals surface area contributed by atoms with E-state index in [0.717, 1.165) is 117 Å². The van der Waals surface area contributed by atoms with E-state index in [1.54, 1.807) is 38.2 Å². The molecule has 542 valence electrons. The molecule has 97 heavy (non-hydrogen) atoms. The number of rotatable bonds is 50. The third-order valence-corrected chi connectivity index (χ3v) is 17.4. The van der Waals surface area contributed by atoms with Crippen LogP contribution < -0.4 is 0 Å². The molecule has 0 aromatic carbocycles. The molecule has 2 amide bonds. The minimum Gasteiger partial charge on any atom is -0.449 e. The van der Waals surface area contributed by atoms with Gasteiger partial charge in [0, 0.05) is 87.7 Å². The molecule has 4 aromatic heterocycles. The first kappa shape index (κ1) is 79.9. The quantitative estimate of drug-likeness (QED) is 0.0348. The summed E-state index contributed by atoms with van der Waals surface area (Å²) in [4.78, 5) is 53.9. The highest BCUT2D eigenvalue weighted by atomic mass is 16.6. The SMILES string of the molecule is CCC1=C(CC)c2nc1cc1[nH]c(cc3[nH]c(cc4[nH]c(cc5nc2C(CC)=C5CC)c(C)c4CCCOC(=O)N(CCOCCOCCOC)CCOCCOCCOC)c(CC)c3CC)c(CCCOC(=O)N(CCOCCOCCOC)CCOCCOCCOC)c1C. The van der Waals surface area contributed by atoms with E-state index in [9.17, 15) is 9.59 Å². The zero-order chi connectivity index (χ0) is 69.6. The third kappa shape index (κ3) is 24.7.